The zero-order valence-electron chi connectivity index (χ0n) is 21.0. The van der Waals surface area contributed by atoms with Crippen molar-refractivity contribution in [3.05, 3.63) is 98.8 Å². The average Bonchev–Trinajstić information content (AvgIpc) is 3.50. The largest absolute Gasteiger partial charge is 0.486 e. The van der Waals surface area contributed by atoms with E-state index in [0.29, 0.717) is 26.4 Å². The molecule has 0 saturated heterocycles. The third-order valence-electron chi connectivity index (χ3n) is 5.62. The third kappa shape index (κ3) is 6.62. The predicted molar refractivity (Wildman–Crippen MR) is 150 cm³/mol. The number of carbonyl (C=O) groups excluding carboxylic acids is 1. The van der Waals surface area contributed by atoms with Gasteiger partial charge in [0, 0.05) is 17.1 Å². The van der Waals surface area contributed by atoms with E-state index in [1.54, 1.807) is 30.3 Å². The topological polar surface area (TPSA) is 115 Å². The Morgan fingerprint density at radius 2 is 1.79 bits per heavy atom. The number of aryl methyl sites for hydroxylation is 2. The molecule has 2 heterocycles. The molecule has 38 heavy (non-hydrogen) atoms. The van der Waals surface area contributed by atoms with E-state index in [1.807, 2.05) is 46.9 Å². The molecule has 0 aliphatic carbocycles. The highest BCUT2D eigenvalue weighted by Crippen LogP contribution is 2.23. The van der Waals surface area contributed by atoms with E-state index in [9.17, 15) is 9.59 Å². The number of hydrogen-bond acceptors (Lipinski definition) is 6. The van der Waals surface area contributed by atoms with Gasteiger partial charge in [-0.25, -0.2) is 10.2 Å². The molecule has 1 atom stereocenters. The summed E-state index contributed by atoms with van der Waals surface area (Å²) in [6.45, 7) is 5.75. The van der Waals surface area contributed by atoms with E-state index in [-0.39, 0.29) is 12.4 Å². The second-order valence-corrected chi connectivity index (χ2v) is 9.65. The smallest absolute Gasteiger partial charge is 0.344 e. The van der Waals surface area contributed by atoms with E-state index >= 15 is 0 Å². The van der Waals surface area contributed by atoms with Gasteiger partial charge in [0.05, 0.1) is 9.78 Å². The number of carboxylic acid groups (broad SMARTS) is 1. The number of aromatic nitrogens is 1. The van der Waals surface area contributed by atoms with Crippen molar-refractivity contribution >= 4 is 40.7 Å². The molecule has 0 bridgehead atoms. The molecule has 0 radical (unpaired) electrons. The lowest BCUT2D eigenvalue weighted by Crippen LogP contribution is -2.23. The van der Waals surface area contributed by atoms with Crippen molar-refractivity contribution in [3.63, 3.8) is 0 Å². The lowest BCUT2D eigenvalue weighted by molar-refractivity contribution is -0.144. The Balaban J connectivity index is 1.29. The zero-order valence-corrected chi connectivity index (χ0v) is 23.1. The molecule has 0 aliphatic rings. The highest BCUT2D eigenvalue weighted by atomic mass is 127. The van der Waals surface area contributed by atoms with Gasteiger partial charge >= 0.3 is 11.9 Å². The Morgan fingerprint density at radius 1 is 1.08 bits per heavy atom. The second kappa shape index (κ2) is 12.0. The normalized spacial score (nSPS) is 11.9. The van der Waals surface area contributed by atoms with Gasteiger partial charge in [0.2, 0.25) is 0 Å². The van der Waals surface area contributed by atoms with Crippen LogP contribution >= 0.6 is 22.6 Å². The highest BCUT2D eigenvalue weighted by molar-refractivity contribution is 14.1. The van der Waals surface area contributed by atoms with Crippen LogP contribution in [0.1, 0.15) is 40.2 Å². The van der Waals surface area contributed by atoms with Crippen LogP contribution in [0, 0.1) is 17.4 Å². The lowest BCUT2D eigenvalue weighted by Gasteiger charge is -2.12. The molecule has 2 N–H and O–H groups in total. The Kier molecular flexibility index (Phi) is 8.52. The van der Waals surface area contributed by atoms with E-state index in [1.165, 1.54) is 13.1 Å². The summed E-state index contributed by atoms with van der Waals surface area (Å²) in [4.78, 5) is 23.4. The standard InChI is InChI=1S/C28H26IN3O6/c1-17-4-5-18(2)32(17)21-7-9-22(10-8-21)36-16-23-11-13-26(38-23)27(33)31-30-15-20-6-12-25(24(29)14-20)37-19(3)28(34)35/h4-15,19H,16H2,1-3H3,(H,31,33)(H,34,35)/b30-15+/t19-/m0/s1. The Labute approximate surface area is 233 Å². The Bertz CT molecular complexity index is 1450. The number of halogens is 1. The number of hydrazone groups is 1. The fourth-order valence-corrected chi connectivity index (χ4v) is 4.32. The van der Waals surface area contributed by atoms with Gasteiger partial charge in [-0.15, -0.1) is 0 Å². The van der Waals surface area contributed by atoms with Gasteiger partial charge in [0.15, 0.2) is 11.9 Å². The average molecular weight is 627 g/mol. The van der Waals surface area contributed by atoms with Crippen molar-refractivity contribution in [1.29, 1.82) is 0 Å². The zero-order chi connectivity index (χ0) is 27.2. The molecule has 9 nitrogen and oxygen atoms in total. The van der Waals surface area contributed by atoms with Crippen LogP contribution in [0.3, 0.4) is 0 Å². The van der Waals surface area contributed by atoms with Gasteiger partial charge in [-0.05, 0) is 116 Å². The third-order valence-corrected chi connectivity index (χ3v) is 6.46. The highest BCUT2D eigenvalue weighted by Gasteiger charge is 2.14. The summed E-state index contributed by atoms with van der Waals surface area (Å²) in [7, 11) is 0. The van der Waals surface area contributed by atoms with Gasteiger partial charge in [-0.1, -0.05) is 0 Å². The van der Waals surface area contributed by atoms with Crippen molar-refractivity contribution in [2.75, 3.05) is 0 Å². The summed E-state index contributed by atoms with van der Waals surface area (Å²) in [5, 5.41) is 13.0. The summed E-state index contributed by atoms with van der Waals surface area (Å²) in [6.07, 6.45) is 0.507. The Morgan fingerprint density at radius 3 is 2.45 bits per heavy atom. The number of benzene rings is 2. The summed E-state index contributed by atoms with van der Waals surface area (Å²) in [5.74, 6) is 0.200. The minimum atomic E-state index is -1.05. The Hall–Kier alpha value is -4.06. The number of hydrogen-bond donors (Lipinski definition) is 2. The molecule has 1 amide bonds. The number of nitrogens with zero attached hydrogens (tertiary/aromatic N) is 2. The van der Waals surface area contributed by atoms with E-state index < -0.39 is 18.0 Å². The molecule has 0 spiro atoms. The first-order valence-electron chi connectivity index (χ1n) is 11.7. The maximum absolute atomic E-state index is 12.4. The predicted octanol–water partition coefficient (Wildman–Crippen LogP) is 5.49. The molecule has 4 aromatic rings. The number of furan rings is 1. The van der Waals surface area contributed by atoms with Gasteiger partial charge in [-0.2, -0.15) is 5.10 Å². The monoisotopic (exact) mass is 627 g/mol. The summed E-state index contributed by atoms with van der Waals surface area (Å²) < 4.78 is 19.7. The summed E-state index contributed by atoms with van der Waals surface area (Å²) >= 11 is 2.04. The molecular weight excluding hydrogens is 601 g/mol. The van der Waals surface area contributed by atoms with Crippen LogP contribution in [0.5, 0.6) is 11.5 Å². The molecular formula is C28H26IN3O6. The van der Waals surface area contributed by atoms with E-state index in [0.717, 1.165) is 17.1 Å². The molecule has 0 fully saturated rings. The number of carboxylic acids is 1. The molecule has 196 valence electrons. The van der Waals surface area contributed by atoms with Crippen LogP contribution in [0.4, 0.5) is 0 Å². The number of ether oxygens (including phenoxy) is 2. The maximum atomic E-state index is 12.4. The van der Waals surface area contributed by atoms with Crippen molar-refractivity contribution in [3.8, 4) is 17.2 Å². The van der Waals surface area contributed by atoms with Gasteiger partial charge < -0.3 is 23.6 Å². The molecule has 4 rings (SSSR count). The minimum Gasteiger partial charge on any atom is -0.486 e. The van der Waals surface area contributed by atoms with Crippen LogP contribution in [0.15, 0.2) is 76.2 Å². The van der Waals surface area contributed by atoms with Crippen molar-refractivity contribution in [1.82, 2.24) is 9.99 Å². The van der Waals surface area contributed by atoms with Crippen LogP contribution in [0.25, 0.3) is 5.69 Å². The van der Waals surface area contributed by atoms with Crippen LogP contribution in [-0.4, -0.2) is 33.9 Å². The fourth-order valence-electron chi connectivity index (χ4n) is 3.65. The SMILES string of the molecule is Cc1ccc(C)n1-c1ccc(OCc2ccc(C(=O)N/N=C/c3ccc(O[C@@H](C)C(=O)O)c(I)c3)o2)cc1. The first kappa shape index (κ1) is 27.0. The quantitative estimate of drug-likeness (QED) is 0.137. The van der Waals surface area contributed by atoms with Crippen molar-refractivity contribution in [2.45, 2.75) is 33.5 Å². The first-order chi connectivity index (χ1) is 18.2. The molecule has 0 unspecified atom stereocenters. The van der Waals surface area contributed by atoms with Crippen LogP contribution in [-0.2, 0) is 11.4 Å². The fraction of sp³-hybridized carbons (Fsp3) is 0.179. The summed E-state index contributed by atoms with van der Waals surface area (Å²) in [6, 6.07) is 20.3. The maximum Gasteiger partial charge on any atom is 0.344 e. The second-order valence-electron chi connectivity index (χ2n) is 8.49. The van der Waals surface area contributed by atoms with E-state index in [2.05, 4.69) is 41.1 Å². The molecule has 10 heteroatoms. The lowest BCUT2D eigenvalue weighted by atomic mass is 10.2. The molecule has 0 aliphatic heterocycles. The molecule has 0 saturated carbocycles. The molecule has 2 aromatic carbocycles. The van der Waals surface area contributed by atoms with Crippen LogP contribution in [0.2, 0.25) is 0 Å². The van der Waals surface area contributed by atoms with Gasteiger partial charge in [-0.3, -0.25) is 4.79 Å². The number of aliphatic carboxylic acids is 1. The van der Waals surface area contributed by atoms with Crippen LogP contribution < -0.4 is 14.9 Å². The van der Waals surface area contributed by atoms with Crippen molar-refractivity contribution < 1.29 is 28.6 Å². The number of rotatable bonds is 10. The summed E-state index contributed by atoms with van der Waals surface area (Å²) in [5.41, 5.74) is 6.50. The van der Waals surface area contributed by atoms with E-state index in [4.69, 9.17) is 19.0 Å². The number of amides is 1. The number of nitrogens with one attached hydrogen (secondary N) is 1. The molecule has 2 aromatic heterocycles. The van der Waals surface area contributed by atoms with Gasteiger partial charge in [0.25, 0.3) is 0 Å². The van der Waals surface area contributed by atoms with Gasteiger partial charge in [0.1, 0.15) is 23.9 Å². The first-order valence-corrected chi connectivity index (χ1v) is 12.8. The van der Waals surface area contributed by atoms with Crippen molar-refractivity contribution in [2.24, 2.45) is 5.10 Å². The number of carbonyl (C=O) groups is 2. The minimum absolute atomic E-state index is 0.107.